The summed E-state index contributed by atoms with van der Waals surface area (Å²) in [6.07, 6.45) is 1.77. The first-order valence-corrected chi connectivity index (χ1v) is 5.20. The largest absolute Gasteiger partial charge is 0.298 e. The molecule has 0 spiro atoms. The molecule has 1 aromatic heterocycles. The zero-order chi connectivity index (χ0) is 11.3. The van der Waals surface area contributed by atoms with Gasteiger partial charge in [-0.1, -0.05) is 19.9 Å². The maximum Gasteiger partial charge on any atom is 0.149 e. The van der Waals surface area contributed by atoms with Crippen LogP contribution in [0.2, 0.25) is 0 Å². The molecule has 0 saturated heterocycles. The summed E-state index contributed by atoms with van der Waals surface area (Å²) >= 11 is 0. The molecule has 15 heavy (non-hydrogen) atoms. The Balaban J connectivity index is 2.43. The van der Waals surface area contributed by atoms with E-state index in [0.717, 1.165) is 12.2 Å². The second kappa shape index (κ2) is 5.61. The second-order valence-corrected chi connectivity index (χ2v) is 4.11. The lowest BCUT2D eigenvalue weighted by atomic mass is 10.1. The Morgan fingerprint density at radius 3 is 2.73 bits per heavy atom. The van der Waals surface area contributed by atoms with Gasteiger partial charge in [0.15, 0.2) is 0 Å². The van der Waals surface area contributed by atoms with Crippen molar-refractivity contribution in [2.75, 3.05) is 13.6 Å². The highest BCUT2D eigenvalue weighted by atomic mass is 16.1. The van der Waals surface area contributed by atoms with Crippen LogP contribution in [0.15, 0.2) is 24.4 Å². The number of likely N-dealkylation sites (N-methyl/N-ethyl adjacent to an activating group) is 1. The van der Waals surface area contributed by atoms with Crippen molar-refractivity contribution in [3.05, 3.63) is 30.1 Å². The molecular formula is C12H18N2O. The second-order valence-electron chi connectivity index (χ2n) is 4.11. The molecule has 0 aliphatic rings. The smallest absolute Gasteiger partial charge is 0.149 e. The Morgan fingerprint density at radius 2 is 2.20 bits per heavy atom. The Hall–Kier alpha value is -1.22. The highest BCUT2D eigenvalue weighted by Gasteiger charge is 2.10. The molecule has 0 aromatic carbocycles. The predicted molar refractivity (Wildman–Crippen MR) is 60.4 cm³/mol. The predicted octanol–water partition coefficient (Wildman–Crippen LogP) is 1.74. The lowest BCUT2D eigenvalue weighted by molar-refractivity contribution is -0.122. The number of pyridine rings is 1. The summed E-state index contributed by atoms with van der Waals surface area (Å²) in [5, 5.41) is 0. The minimum Gasteiger partial charge on any atom is -0.298 e. The van der Waals surface area contributed by atoms with Gasteiger partial charge in [-0.15, -0.1) is 0 Å². The molecule has 0 aliphatic heterocycles. The van der Waals surface area contributed by atoms with Crippen LogP contribution in [-0.2, 0) is 11.3 Å². The first-order valence-electron chi connectivity index (χ1n) is 5.20. The fourth-order valence-corrected chi connectivity index (χ4v) is 1.27. The van der Waals surface area contributed by atoms with E-state index in [1.54, 1.807) is 6.20 Å². The number of aromatic nitrogens is 1. The Kier molecular flexibility index (Phi) is 4.43. The molecule has 0 unspecified atom stereocenters. The third-order valence-corrected chi connectivity index (χ3v) is 2.23. The maximum atomic E-state index is 11.5. The van der Waals surface area contributed by atoms with Crippen molar-refractivity contribution in [2.24, 2.45) is 5.92 Å². The molecule has 0 atom stereocenters. The number of hydrogen-bond acceptors (Lipinski definition) is 3. The fourth-order valence-electron chi connectivity index (χ4n) is 1.27. The topological polar surface area (TPSA) is 33.2 Å². The normalized spacial score (nSPS) is 11.0. The zero-order valence-electron chi connectivity index (χ0n) is 9.60. The number of carbonyl (C=O) groups excluding carboxylic acids is 1. The van der Waals surface area contributed by atoms with Gasteiger partial charge in [0.05, 0.1) is 12.2 Å². The number of nitrogens with zero attached hydrogens (tertiary/aromatic N) is 2. The molecule has 3 heteroatoms. The van der Waals surface area contributed by atoms with E-state index in [1.165, 1.54) is 0 Å². The van der Waals surface area contributed by atoms with E-state index in [0.29, 0.717) is 6.54 Å². The average Bonchev–Trinajstić information content (AvgIpc) is 2.18. The number of hydrogen-bond donors (Lipinski definition) is 0. The average molecular weight is 206 g/mol. The minimum absolute atomic E-state index is 0.108. The van der Waals surface area contributed by atoms with Crippen LogP contribution >= 0.6 is 0 Å². The van der Waals surface area contributed by atoms with Crippen molar-refractivity contribution in [2.45, 2.75) is 20.4 Å². The van der Waals surface area contributed by atoms with Crippen LogP contribution in [0.25, 0.3) is 0 Å². The molecular weight excluding hydrogens is 188 g/mol. The molecule has 1 heterocycles. The van der Waals surface area contributed by atoms with Gasteiger partial charge >= 0.3 is 0 Å². The molecule has 0 N–H and O–H groups in total. The summed E-state index contributed by atoms with van der Waals surface area (Å²) in [4.78, 5) is 17.7. The third-order valence-electron chi connectivity index (χ3n) is 2.23. The molecule has 1 aromatic rings. The third kappa shape index (κ3) is 4.21. The summed E-state index contributed by atoms with van der Waals surface area (Å²) in [7, 11) is 1.94. The van der Waals surface area contributed by atoms with Crippen LogP contribution < -0.4 is 0 Å². The minimum atomic E-state index is 0.108. The molecule has 0 bridgehead atoms. The first kappa shape index (κ1) is 11.9. The van der Waals surface area contributed by atoms with E-state index in [9.17, 15) is 4.79 Å². The van der Waals surface area contributed by atoms with Gasteiger partial charge in [0.1, 0.15) is 5.78 Å². The van der Waals surface area contributed by atoms with Gasteiger partial charge in [-0.25, -0.2) is 0 Å². The standard InChI is InChI=1S/C12H18N2O/c1-10(2)12(15)9-14(3)8-11-6-4-5-7-13-11/h4-7,10H,8-9H2,1-3H3. The van der Waals surface area contributed by atoms with E-state index in [1.807, 2.05) is 44.0 Å². The SMILES string of the molecule is CC(C)C(=O)CN(C)Cc1ccccn1. The highest BCUT2D eigenvalue weighted by Crippen LogP contribution is 2.01. The van der Waals surface area contributed by atoms with Crippen molar-refractivity contribution in [1.29, 1.82) is 0 Å². The highest BCUT2D eigenvalue weighted by molar-refractivity contribution is 5.82. The molecule has 3 nitrogen and oxygen atoms in total. The van der Waals surface area contributed by atoms with E-state index in [4.69, 9.17) is 0 Å². The van der Waals surface area contributed by atoms with Crippen molar-refractivity contribution >= 4 is 5.78 Å². The van der Waals surface area contributed by atoms with Crippen LogP contribution in [0, 0.1) is 5.92 Å². The molecule has 0 radical (unpaired) electrons. The van der Waals surface area contributed by atoms with Crippen LogP contribution in [0.5, 0.6) is 0 Å². The van der Waals surface area contributed by atoms with Gasteiger partial charge in [0.2, 0.25) is 0 Å². The van der Waals surface area contributed by atoms with Gasteiger partial charge in [-0.2, -0.15) is 0 Å². The first-order chi connectivity index (χ1) is 7.09. The summed E-state index contributed by atoms with van der Waals surface area (Å²) < 4.78 is 0. The van der Waals surface area contributed by atoms with Crippen LogP contribution in [0.4, 0.5) is 0 Å². The van der Waals surface area contributed by atoms with Crippen LogP contribution in [0.1, 0.15) is 19.5 Å². The monoisotopic (exact) mass is 206 g/mol. The van der Waals surface area contributed by atoms with E-state index >= 15 is 0 Å². The molecule has 0 saturated carbocycles. The Bertz CT molecular complexity index is 309. The molecule has 0 amide bonds. The lowest BCUT2D eigenvalue weighted by Gasteiger charge is -2.16. The van der Waals surface area contributed by atoms with Gasteiger partial charge in [0.25, 0.3) is 0 Å². The number of Topliss-reactive ketones (excluding diaryl/α,β-unsaturated/α-hetero) is 1. The van der Waals surface area contributed by atoms with Gasteiger partial charge in [-0.3, -0.25) is 14.7 Å². The van der Waals surface area contributed by atoms with Crippen LogP contribution in [0.3, 0.4) is 0 Å². The summed E-state index contributed by atoms with van der Waals surface area (Å²) in [5.74, 6) is 0.379. The number of rotatable bonds is 5. The summed E-state index contributed by atoms with van der Waals surface area (Å²) in [6, 6.07) is 5.82. The quantitative estimate of drug-likeness (QED) is 0.735. The van der Waals surface area contributed by atoms with Gasteiger partial charge in [0, 0.05) is 18.7 Å². The van der Waals surface area contributed by atoms with Gasteiger partial charge < -0.3 is 0 Å². The fraction of sp³-hybridized carbons (Fsp3) is 0.500. The Morgan fingerprint density at radius 1 is 1.47 bits per heavy atom. The molecule has 1 rings (SSSR count). The Labute approximate surface area is 91.1 Å². The van der Waals surface area contributed by atoms with Crippen LogP contribution in [-0.4, -0.2) is 29.3 Å². The van der Waals surface area contributed by atoms with Crippen molar-refractivity contribution in [3.63, 3.8) is 0 Å². The van der Waals surface area contributed by atoms with Crippen molar-refractivity contribution in [1.82, 2.24) is 9.88 Å². The lowest BCUT2D eigenvalue weighted by Crippen LogP contribution is -2.28. The zero-order valence-corrected chi connectivity index (χ0v) is 9.60. The number of ketones is 1. The summed E-state index contributed by atoms with van der Waals surface area (Å²) in [5.41, 5.74) is 0.997. The van der Waals surface area contributed by atoms with Gasteiger partial charge in [-0.05, 0) is 19.2 Å². The molecule has 0 aliphatic carbocycles. The molecule has 82 valence electrons. The van der Waals surface area contributed by atoms with E-state index in [-0.39, 0.29) is 11.7 Å². The molecule has 0 fully saturated rings. The van der Waals surface area contributed by atoms with E-state index in [2.05, 4.69) is 4.98 Å². The maximum absolute atomic E-state index is 11.5. The van der Waals surface area contributed by atoms with E-state index < -0.39 is 0 Å². The van der Waals surface area contributed by atoms with Crippen molar-refractivity contribution in [3.8, 4) is 0 Å². The van der Waals surface area contributed by atoms with Crippen molar-refractivity contribution < 1.29 is 4.79 Å². The summed E-state index contributed by atoms with van der Waals surface area (Å²) in [6.45, 7) is 5.07. The number of carbonyl (C=O) groups is 1.